The van der Waals surface area contributed by atoms with Gasteiger partial charge in [0.2, 0.25) is 5.91 Å². The fourth-order valence-corrected chi connectivity index (χ4v) is 2.85. The van der Waals surface area contributed by atoms with Crippen LogP contribution in [0.1, 0.15) is 5.56 Å². The van der Waals surface area contributed by atoms with Gasteiger partial charge in [0.15, 0.2) is 5.76 Å². The standard InChI is InChI=1S/C18H14ClFN2O2S/c1-11-8-14(6-7-15(11)20)22-17(23)10-25-18-21-9-16(24-18)12-2-4-13(19)5-3-12/h2-9H,10H2,1H3,(H,22,23). The van der Waals surface area contributed by atoms with Crippen molar-refractivity contribution < 1.29 is 13.6 Å². The van der Waals surface area contributed by atoms with Crippen molar-refractivity contribution >= 4 is 35.0 Å². The van der Waals surface area contributed by atoms with E-state index in [1.807, 2.05) is 12.1 Å². The molecule has 25 heavy (non-hydrogen) atoms. The molecule has 7 heteroatoms. The van der Waals surface area contributed by atoms with Gasteiger partial charge in [-0.2, -0.15) is 0 Å². The van der Waals surface area contributed by atoms with Gasteiger partial charge in [-0.25, -0.2) is 9.37 Å². The lowest BCUT2D eigenvalue weighted by molar-refractivity contribution is -0.113. The highest BCUT2D eigenvalue weighted by atomic mass is 35.5. The van der Waals surface area contributed by atoms with Crippen molar-refractivity contribution in [2.24, 2.45) is 0 Å². The molecule has 1 heterocycles. The Morgan fingerprint density at radius 3 is 2.76 bits per heavy atom. The first-order valence-electron chi connectivity index (χ1n) is 7.42. The highest BCUT2D eigenvalue weighted by molar-refractivity contribution is 7.99. The molecule has 1 amide bonds. The number of anilines is 1. The molecular weight excluding hydrogens is 363 g/mol. The van der Waals surface area contributed by atoms with Gasteiger partial charge in [-0.3, -0.25) is 4.79 Å². The zero-order valence-electron chi connectivity index (χ0n) is 13.3. The van der Waals surface area contributed by atoms with Crippen LogP contribution in [-0.4, -0.2) is 16.6 Å². The second-order valence-corrected chi connectivity index (χ2v) is 6.66. The van der Waals surface area contributed by atoms with Gasteiger partial charge in [0.1, 0.15) is 5.82 Å². The molecule has 0 saturated carbocycles. The van der Waals surface area contributed by atoms with Crippen molar-refractivity contribution in [2.45, 2.75) is 12.1 Å². The van der Waals surface area contributed by atoms with Gasteiger partial charge in [0.05, 0.1) is 11.9 Å². The molecule has 0 atom stereocenters. The largest absolute Gasteiger partial charge is 0.431 e. The van der Waals surface area contributed by atoms with Crippen LogP contribution in [0, 0.1) is 12.7 Å². The molecule has 0 bridgehead atoms. The summed E-state index contributed by atoms with van der Waals surface area (Å²) in [6.07, 6.45) is 1.60. The van der Waals surface area contributed by atoms with E-state index in [9.17, 15) is 9.18 Å². The summed E-state index contributed by atoms with van der Waals surface area (Å²) in [5.74, 6) is 0.217. The molecule has 3 aromatic rings. The number of nitrogens with one attached hydrogen (secondary N) is 1. The molecular formula is C18H14ClFN2O2S. The average molecular weight is 377 g/mol. The number of aromatic nitrogens is 1. The van der Waals surface area contributed by atoms with E-state index in [2.05, 4.69) is 10.3 Å². The fourth-order valence-electron chi connectivity index (χ4n) is 2.12. The smallest absolute Gasteiger partial charge is 0.256 e. The highest BCUT2D eigenvalue weighted by Gasteiger charge is 2.10. The molecule has 0 fully saturated rings. The van der Waals surface area contributed by atoms with E-state index in [1.165, 1.54) is 23.9 Å². The monoisotopic (exact) mass is 376 g/mol. The maximum Gasteiger partial charge on any atom is 0.256 e. The van der Waals surface area contributed by atoms with Crippen molar-refractivity contribution in [3.63, 3.8) is 0 Å². The second kappa shape index (κ2) is 7.72. The van der Waals surface area contributed by atoms with Crippen LogP contribution in [0.15, 0.2) is 58.3 Å². The van der Waals surface area contributed by atoms with Crippen LogP contribution >= 0.6 is 23.4 Å². The molecule has 0 spiro atoms. The average Bonchev–Trinajstić information content (AvgIpc) is 3.06. The number of rotatable bonds is 5. The van der Waals surface area contributed by atoms with E-state index in [0.717, 1.165) is 5.56 Å². The SMILES string of the molecule is Cc1cc(NC(=O)CSc2ncc(-c3ccc(Cl)cc3)o2)ccc1F. The van der Waals surface area contributed by atoms with E-state index in [4.69, 9.17) is 16.0 Å². The Bertz CT molecular complexity index is 896. The second-order valence-electron chi connectivity index (χ2n) is 5.30. The number of nitrogens with zero attached hydrogens (tertiary/aromatic N) is 1. The third-order valence-electron chi connectivity index (χ3n) is 3.38. The number of aryl methyl sites for hydroxylation is 1. The number of amides is 1. The number of carbonyl (C=O) groups is 1. The third kappa shape index (κ3) is 4.61. The van der Waals surface area contributed by atoms with Gasteiger partial charge in [-0.1, -0.05) is 23.4 Å². The number of hydrogen-bond acceptors (Lipinski definition) is 4. The molecule has 1 N–H and O–H groups in total. The predicted molar refractivity (Wildman–Crippen MR) is 97.4 cm³/mol. The quantitative estimate of drug-likeness (QED) is 0.624. The number of halogens is 2. The number of oxazole rings is 1. The molecule has 1 aromatic heterocycles. The number of thioether (sulfide) groups is 1. The van der Waals surface area contributed by atoms with Gasteiger partial charge >= 0.3 is 0 Å². The lowest BCUT2D eigenvalue weighted by Crippen LogP contribution is -2.14. The number of carbonyl (C=O) groups excluding carboxylic acids is 1. The fraction of sp³-hybridized carbons (Fsp3) is 0.111. The van der Waals surface area contributed by atoms with Crippen LogP contribution in [0.25, 0.3) is 11.3 Å². The Kier molecular flexibility index (Phi) is 5.40. The predicted octanol–water partition coefficient (Wildman–Crippen LogP) is 5.17. The summed E-state index contributed by atoms with van der Waals surface area (Å²) in [6.45, 7) is 1.64. The van der Waals surface area contributed by atoms with Crippen LogP contribution < -0.4 is 5.32 Å². The molecule has 2 aromatic carbocycles. The molecule has 3 rings (SSSR count). The first-order chi connectivity index (χ1) is 12.0. The van der Waals surface area contributed by atoms with E-state index in [-0.39, 0.29) is 17.5 Å². The van der Waals surface area contributed by atoms with Crippen molar-refractivity contribution in [3.05, 3.63) is 65.1 Å². The van der Waals surface area contributed by atoms with Gasteiger partial charge in [0.25, 0.3) is 5.22 Å². The van der Waals surface area contributed by atoms with Crippen LogP contribution in [0.4, 0.5) is 10.1 Å². The molecule has 0 radical (unpaired) electrons. The Morgan fingerprint density at radius 2 is 2.04 bits per heavy atom. The van der Waals surface area contributed by atoms with Crippen molar-refractivity contribution in [1.29, 1.82) is 0 Å². The maximum atomic E-state index is 13.2. The zero-order valence-corrected chi connectivity index (χ0v) is 14.8. The van der Waals surface area contributed by atoms with Gasteiger partial charge in [-0.05, 0) is 55.0 Å². The molecule has 0 saturated heterocycles. The van der Waals surface area contributed by atoms with Gasteiger partial charge in [0, 0.05) is 16.3 Å². The van der Waals surface area contributed by atoms with Gasteiger partial charge < -0.3 is 9.73 Å². The summed E-state index contributed by atoms with van der Waals surface area (Å²) in [5, 5.41) is 3.76. The zero-order chi connectivity index (χ0) is 17.8. The summed E-state index contributed by atoms with van der Waals surface area (Å²) >= 11 is 7.04. The summed E-state index contributed by atoms with van der Waals surface area (Å²) in [4.78, 5) is 16.1. The minimum atomic E-state index is -0.304. The molecule has 0 aliphatic heterocycles. The van der Waals surface area contributed by atoms with Crippen molar-refractivity contribution in [3.8, 4) is 11.3 Å². The minimum Gasteiger partial charge on any atom is -0.431 e. The van der Waals surface area contributed by atoms with Crippen LogP contribution in [0.2, 0.25) is 5.02 Å². The molecule has 4 nitrogen and oxygen atoms in total. The number of hydrogen-bond donors (Lipinski definition) is 1. The summed E-state index contributed by atoms with van der Waals surface area (Å²) in [7, 11) is 0. The van der Waals surface area contributed by atoms with E-state index in [1.54, 1.807) is 31.3 Å². The molecule has 0 aliphatic rings. The molecule has 128 valence electrons. The summed E-state index contributed by atoms with van der Waals surface area (Å²) < 4.78 is 18.8. The Labute approximate surface area is 153 Å². The van der Waals surface area contributed by atoms with Crippen molar-refractivity contribution in [1.82, 2.24) is 4.98 Å². The van der Waals surface area contributed by atoms with E-state index < -0.39 is 0 Å². The van der Waals surface area contributed by atoms with Crippen LogP contribution in [0.5, 0.6) is 0 Å². The molecule has 0 unspecified atom stereocenters. The van der Waals surface area contributed by atoms with Gasteiger partial charge in [-0.15, -0.1) is 0 Å². The Morgan fingerprint density at radius 1 is 1.28 bits per heavy atom. The third-order valence-corrected chi connectivity index (χ3v) is 4.48. The number of benzene rings is 2. The van der Waals surface area contributed by atoms with E-state index >= 15 is 0 Å². The van der Waals surface area contributed by atoms with E-state index in [0.29, 0.717) is 27.3 Å². The Hall–Kier alpha value is -2.31. The highest BCUT2D eigenvalue weighted by Crippen LogP contribution is 2.26. The molecule has 0 aliphatic carbocycles. The normalized spacial score (nSPS) is 10.7. The van der Waals surface area contributed by atoms with Crippen molar-refractivity contribution in [2.75, 3.05) is 11.1 Å². The maximum absolute atomic E-state index is 13.2. The van der Waals surface area contributed by atoms with Crippen LogP contribution in [0.3, 0.4) is 0 Å². The van der Waals surface area contributed by atoms with Crippen LogP contribution in [-0.2, 0) is 4.79 Å². The Balaban J connectivity index is 1.57. The lowest BCUT2D eigenvalue weighted by atomic mass is 10.2. The topological polar surface area (TPSA) is 55.1 Å². The summed E-state index contributed by atoms with van der Waals surface area (Å²) in [5.41, 5.74) is 1.89. The minimum absolute atomic E-state index is 0.136. The summed E-state index contributed by atoms with van der Waals surface area (Å²) in [6, 6.07) is 11.6. The first kappa shape index (κ1) is 17.5. The first-order valence-corrected chi connectivity index (χ1v) is 8.78. The lowest BCUT2D eigenvalue weighted by Gasteiger charge is -2.05.